The van der Waals surface area contributed by atoms with Gasteiger partial charge in [0.25, 0.3) is 0 Å². The number of halogens is 4. The summed E-state index contributed by atoms with van der Waals surface area (Å²) in [6.45, 7) is 2.53. The van der Waals surface area contributed by atoms with Gasteiger partial charge in [0.1, 0.15) is 5.82 Å². The van der Waals surface area contributed by atoms with E-state index in [1.54, 1.807) is 7.05 Å². The summed E-state index contributed by atoms with van der Waals surface area (Å²) >= 11 is 11.1. The number of thiocarbonyl (C=S) groups is 1. The molecule has 2 rings (SSSR count). The summed E-state index contributed by atoms with van der Waals surface area (Å²) in [7, 11) is 1.75. The lowest BCUT2D eigenvalue weighted by atomic mass is 10.2. The predicted octanol–water partition coefficient (Wildman–Crippen LogP) is 2.38. The average Bonchev–Trinajstić information content (AvgIpc) is 2.45. The van der Waals surface area contributed by atoms with E-state index in [-0.39, 0.29) is 5.02 Å². The Morgan fingerprint density at radius 3 is 2.43 bits per heavy atom. The summed E-state index contributed by atoms with van der Waals surface area (Å²) in [6, 6.07) is 0.911. The molecule has 1 aliphatic heterocycles. The first kappa shape index (κ1) is 16.1. The first-order valence-electron chi connectivity index (χ1n) is 6.27. The molecule has 1 saturated heterocycles. The molecule has 1 aromatic rings. The highest BCUT2D eigenvalue weighted by atomic mass is 35.5. The normalized spacial score (nSPS) is 16.0. The molecule has 1 aromatic heterocycles. The number of nitrogens with zero attached hydrogens (tertiary/aromatic N) is 3. The molecule has 0 spiro atoms. The lowest BCUT2D eigenvalue weighted by Gasteiger charge is -2.36. The fraction of sp³-hybridized carbons (Fsp3) is 0.500. The number of hydrogen-bond donors (Lipinski definition) is 1. The minimum Gasteiger partial charge on any atom is -0.366 e. The van der Waals surface area contributed by atoms with Crippen LogP contribution < -0.4 is 10.2 Å². The second-order valence-corrected chi connectivity index (χ2v) is 5.35. The Kier molecular flexibility index (Phi) is 4.77. The minimum absolute atomic E-state index is 0.00877. The molecule has 116 valence electrons. The van der Waals surface area contributed by atoms with Crippen molar-refractivity contribution in [1.29, 1.82) is 0 Å². The van der Waals surface area contributed by atoms with Gasteiger partial charge in [-0.1, -0.05) is 11.6 Å². The van der Waals surface area contributed by atoms with Crippen molar-refractivity contribution in [3.05, 3.63) is 22.8 Å². The van der Waals surface area contributed by atoms with Crippen LogP contribution in [0.4, 0.5) is 19.0 Å². The van der Waals surface area contributed by atoms with Crippen LogP contribution in [0.2, 0.25) is 5.02 Å². The van der Waals surface area contributed by atoms with E-state index in [1.165, 1.54) is 0 Å². The maximum Gasteiger partial charge on any atom is 0.417 e. The van der Waals surface area contributed by atoms with Gasteiger partial charge in [0.2, 0.25) is 0 Å². The first-order valence-corrected chi connectivity index (χ1v) is 7.06. The van der Waals surface area contributed by atoms with Gasteiger partial charge in [-0.2, -0.15) is 13.2 Å². The Morgan fingerprint density at radius 1 is 1.33 bits per heavy atom. The van der Waals surface area contributed by atoms with Gasteiger partial charge in [-0.25, -0.2) is 4.98 Å². The van der Waals surface area contributed by atoms with Crippen molar-refractivity contribution in [1.82, 2.24) is 15.2 Å². The van der Waals surface area contributed by atoms with Gasteiger partial charge in [-0.05, 0) is 18.3 Å². The summed E-state index contributed by atoms with van der Waals surface area (Å²) in [6.07, 6.45) is -3.63. The number of alkyl halides is 3. The molecule has 4 nitrogen and oxygen atoms in total. The molecular weight excluding hydrogens is 325 g/mol. The Balaban J connectivity index is 2.09. The van der Waals surface area contributed by atoms with Crippen LogP contribution in [-0.4, -0.2) is 48.2 Å². The van der Waals surface area contributed by atoms with Crippen molar-refractivity contribution in [2.45, 2.75) is 6.18 Å². The average molecular weight is 339 g/mol. The third-order valence-electron chi connectivity index (χ3n) is 3.23. The van der Waals surface area contributed by atoms with E-state index in [2.05, 4.69) is 10.3 Å². The van der Waals surface area contributed by atoms with E-state index in [0.717, 1.165) is 12.3 Å². The Hall–Kier alpha value is -1.28. The van der Waals surface area contributed by atoms with Gasteiger partial charge in [0.05, 0.1) is 10.6 Å². The molecule has 2 heterocycles. The maximum atomic E-state index is 12.6. The lowest BCUT2D eigenvalue weighted by molar-refractivity contribution is -0.137. The van der Waals surface area contributed by atoms with E-state index < -0.39 is 11.7 Å². The molecular formula is C12H14ClF3N4S. The third-order valence-corrected chi connectivity index (χ3v) is 3.97. The van der Waals surface area contributed by atoms with Crippen LogP contribution in [0.1, 0.15) is 5.56 Å². The molecule has 0 saturated carbocycles. The highest BCUT2D eigenvalue weighted by molar-refractivity contribution is 7.80. The Labute approximate surface area is 130 Å². The molecule has 1 fully saturated rings. The zero-order valence-electron chi connectivity index (χ0n) is 11.2. The van der Waals surface area contributed by atoms with Crippen LogP contribution in [0.15, 0.2) is 12.3 Å². The van der Waals surface area contributed by atoms with Crippen LogP contribution in [0.3, 0.4) is 0 Å². The molecule has 0 radical (unpaired) electrons. The third kappa shape index (κ3) is 3.68. The number of nitrogens with one attached hydrogen (secondary N) is 1. The summed E-state index contributed by atoms with van der Waals surface area (Å²) in [5.41, 5.74) is -0.841. The first-order chi connectivity index (χ1) is 9.82. The number of hydrogen-bond acceptors (Lipinski definition) is 3. The smallest absolute Gasteiger partial charge is 0.366 e. The summed E-state index contributed by atoms with van der Waals surface area (Å²) in [5, 5.41) is 3.56. The molecule has 0 aromatic carbocycles. The van der Waals surface area contributed by atoms with Crippen LogP contribution >= 0.6 is 23.8 Å². The monoisotopic (exact) mass is 338 g/mol. The highest BCUT2D eigenvalue weighted by Crippen LogP contribution is 2.33. The molecule has 1 aliphatic rings. The second-order valence-electron chi connectivity index (χ2n) is 4.56. The molecule has 0 amide bonds. The van der Waals surface area contributed by atoms with Crippen molar-refractivity contribution in [3.8, 4) is 0 Å². The quantitative estimate of drug-likeness (QED) is 0.795. The van der Waals surface area contributed by atoms with E-state index in [9.17, 15) is 13.2 Å². The summed E-state index contributed by atoms with van der Waals surface area (Å²) in [4.78, 5) is 7.71. The minimum atomic E-state index is -4.44. The number of rotatable bonds is 1. The topological polar surface area (TPSA) is 31.4 Å². The van der Waals surface area contributed by atoms with Crippen LogP contribution in [-0.2, 0) is 6.18 Å². The van der Waals surface area contributed by atoms with Crippen LogP contribution in [0.25, 0.3) is 0 Å². The Bertz CT molecular complexity index is 530. The lowest BCUT2D eigenvalue weighted by Crippen LogP contribution is -2.51. The van der Waals surface area contributed by atoms with Crippen molar-refractivity contribution >= 4 is 34.7 Å². The van der Waals surface area contributed by atoms with Crippen LogP contribution in [0.5, 0.6) is 0 Å². The van der Waals surface area contributed by atoms with Gasteiger partial charge in [-0.3, -0.25) is 0 Å². The maximum absolute atomic E-state index is 12.6. The van der Waals surface area contributed by atoms with Crippen LogP contribution in [0, 0.1) is 0 Å². The van der Waals surface area contributed by atoms with Crippen molar-refractivity contribution in [3.63, 3.8) is 0 Å². The van der Waals surface area contributed by atoms with Gasteiger partial charge >= 0.3 is 6.18 Å². The fourth-order valence-electron chi connectivity index (χ4n) is 2.10. The molecule has 0 atom stereocenters. The van der Waals surface area contributed by atoms with Crippen molar-refractivity contribution in [2.75, 3.05) is 38.1 Å². The van der Waals surface area contributed by atoms with Gasteiger partial charge < -0.3 is 15.1 Å². The predicted molar refractivity (Wildman–Crippen MR) is 79.7 cm³/mol. The van der Waals surface area contributed by atoms with E-state index >= 15 is 0 Å². The van der Waals surface area contributed by atoms with E-state index in [4.69, 9.17) is 23.8 Å². The number of piperazine rings is 1. The number of anilines is 1. The SMILES string of the molecule is CNC(=S)N1CCN(c2ncc(C(F)(F)F)cc2Cl)CC1. The molecule has 0 aliphatic carbocycles. The fourth-order valence-corrected chi connectivity index (χ4v) is 2.57. The largest absolute Gasteiger partial charge is 0.417 e. The second kappa shape index (κ2) is 6.23. The molecule has 0 bridgehead atoms. The molecule has 0 unspecified atom stereocenters. The standard InChI is InChI=1S/C12H14ClF3N4S/c1-17-11(21)20-4-2-19(3-5-20)10-9(13)6-8(7-18-10)12(14,15)16/h6-7H,2-5H2,1H3,(H,17,21). The number of pyridine rings is 1. The van der Waals surface area contributed by atoms with E-state index in [1.807, 2.05) is 9.80 Å². The van der Waals surface area contributed by atoms with E-state index in [0.29, 0.717) is 37.1 Å². The zero-order chi connectivity index (χ0) is 15.6. The molecule has 21 heavy (non-hydrogen) atoms. The molecule has 1 N–H and O–H groups in total. The number of aromatic nitrogens is 1. The zero-order valence-corrected chi connectivity index (χ0v) is 12.8. The summed E-state index contributed by atoms with van der Waals surface area (Å²) < 4.78 is 37.7. The van der Waals surface area contributed by atoms with Gasteiger partial charge in [0, 0.05) is 39.4 Å². The Morgan fingerprint density at radius 2 is 1.95 bits per heavy atom. The van der Waals surface area contributed by atoms with Gasteiger partial charge in [0.15, 0.2) is 5.11 Å². The van der Waals surface area contributed by atoms with Crippen molar-refractivity contribution < 1.29 is 13.2 Å². The highest BCUT2D eigenvalue weighted by Gasteiger charge is 2.32. The van der Waals surface area contributed by atoms with Gasteiger partial charge in [-0.15, -0.1) is 0 Å². The molecule has 9 heteroatoms. The van der Waals surface area contributed by atoms with Crippen molar-refractivity contribution in [2.24, 2.45) is 0 Å². The summed E-state index contributed by atoms with van der Waals surface area (Å²) in [5.74, 6) is 0.375.